The van der Waals surface area contributed by atoms with Gasteiger partial charge in [-0.25, -0.2) is 9.97 Å². The monoisotopic (exact) mass is 434 g/mol. The van der Waals surface area contributed by atoms with E-state index in [0.29, 0.717) is 12.5 Å². The maximum atomic E-state index is 12.7. The normalized spacial score (nSPS) is 17.7. The molecule has 1 N–H and O–H groups in total. The van der Waals surface area contributed by atoms with Crippen molar-refractivity contribution < 1.29 is 4.79 Å². The summed E-state index contributed by atoms with van der Waals surface area (Å²) in [6.45, 7) is 6.58. The number of anilines is 1. The zero-order valence-corrected chi connectivity index (χ0v) is 19.2. The summed E-state index contributed by atoms with van der Waals surface area (Å²) in [5, 5.41) is 6.51. The van der Waals surface area contributed by atoms with Crippen LogP contribution in [0.15, 0.2) is 29.6 Å². The molecule has 1 saturated carbocycles. The molecule has 0 atom stereocenters. The number of rotatable bonds is 5. The van der Waals surface area contributed by atoms with Crippen molar-refractivity contribution in [3.05, 3.63) is 51.5 Å². The topological polar surface area (TPSA) is 58.1 Å². The molecule has 2 fully saturated rings. The van der Waals surface area contributed by atoms with E-state index in [0.717, 1.165) is 48.7 Å². The molecule has 1 aromatic carbocycles. The molecule has 5 nitrogen and oxygen atoms in total. The molecule has 3 aromatic rings. The minimum atomic E-state index is 0.0775. The van der Waals surface area contributed by atoms with E-state index >= 15 is 0 Å². The highest BCUT2D eigenvalue weighted by atomic mass is 32.1. The van der Waals surface area contributed by atoms with Gasteiger partial charge in [0.2, 0.25) is 5.91 Å². The van der Waals surface area contributed by atoms with Crippen molar-refractivity contribution in [1.82, 2.24) is 15.3 Å². The van der Waals surface area contributed by atoms with E-state index in [1.54, 1.807) is 11.3 Å². The number of nitrogens with zero attached hydrogens (tertiary/aromatic N) is 3. The number of amides is 1. The Balaban J connectivity index is 1.26. The maximum Gasteiger partial charge on any atom is 0.223 e. The van der Waals surface area contributed by atoms with Gasteiger partial charge in [0.15, 0.2) is 0 Å². The van der Waals surface area contributed by atoms with Gasteiger partial charge in [0, 0.05) is 41.7 Å². The molecule has 31 heavy (non-hydrogen) atoms. The Morgan fingerprint density at radius 1 is 1.10 bits per heavy atom. The molecular formula is C25H30N4OS. The van der Waals surface area contributed by atoms with Crippen LogP contribution in [0, 0.1) is 19.8 Å². The molecule has 0 unspecified atom stereocenters. The van der Waals surface area contributed by atoms with Crippen molar-refractivity contribution in [3.63, 3.8) is 0 Å². The Kier molecular flexibility index (Phi) is 5.65. The summed E-state index contributed by atoms with van der Waals surface area (Å²) in [5.74, 6) is 2.88. The van der Waals surface area contributed by atoms with Gasteiger partial charge >= 0.3 is 0 Å². The molecule has 2 aromatic heterocycles. The van der Waals surface area contributed by atoms with Gasteiger partial charge < -0.3 is 10.2 Å². The predicted molar refractivity (Wildman–Crippen MR) is 127 cm³/mol. The van der Waals surface area contributed by atoms with Crippen molar-refractivity contribution in [1.29, 1.82) is 0 Å². The molecule has 2 aliphatic rings. The molecule has 1 amide bonds. The second kappa shape index (κ2) is 8.58. The molecule has 1 aliphatic carbocycles. The molecule has 5 rings (SSSR count). The van der Waals surface area contributed by atoms with Gasteiger partial charge in [-0.1, -0.05) is 36.2 Å². The Hall–Kier alpha value is -2.47. The lowest BCUT2D eigenvalue weighted by Gasteiger charge is -2.33. The van der Waals surface area contributed by atoms with Crippen molar-refractivity contribution in [3.8, 4) is 0 Å². The SMILES string of the molecule is Cc1ccc(CNC(=O)C2CCN(c3nc(C4CCC4)nc4csc(C)c34)CC2)cc1. The van der Waals surface area contributed by atoms with Crippen LogP contribution in [0.1, 0.15) is 59.9 Å². The van der Waals surface area contributed by atoms with Crippen LogP contribution < -0.4 is 10.2 Å². The second-order valence-electron chi connectivity index (χ2n) is 9.05. The van der Waals surface area contributed by atoms with Crippen LogP contribution in [-0.4, -0.2) is 29.0 Å². The largest absolute Gasteiger partial charge is 0.356 e. The second-order valence-corrected chi connectivity index (χ2v) is 10.1. The van der Waals surface area contributed by atoms with E-state index in [4.69, 9.17) is 9.97 Å². The number of aromatic nitrogens is 2. The summed E-state index contributed by atoms with van der Waals surface area (Å²) in [4.78, 5) is 26.3. The van der Waals surface area contributed by atoms with Crippen LogP contribution in [0.25, 0.3) is 10.9 Å². The van der Waals surface area contributed by atoms with Crippen molar-refractivity contribution in [2.75, 3.05) is 18.0 Å². The maximum absolute atomic E-state index is 12.7. The third-order valence-electron chi connectivity index (χ3n) is 6.86. The lowest BCUT2D eigenvalue weighted by atomic mass is 9.85. The standard InChI is InChI=1S/C25H30N4OS/c1-16-6-8-18(9-7-16)14-26-25(30)20-10-12-29(13-11-20)24-22-17(2)31-15-21(22)27-23(28-24)19-4-3-5-19/h6-9,15,19-20H,3-5,10-14H2,1-2H3,(H,26,30). The van der Waals surface area contributed by atoms with E-state index in [9.17, 15) is 4.79 Å². The fraction of sp³-hybridized carbons (Fsp3) is 0.480. The number of carbonyl (C=O) groups excluding carboxylic acids is 1. The summed E-state index contributed by atoms with van der Waals surface area (Å²) >= 11 is 1.76. The first-order valence-corrected chi connectivity index (χ1v) is 12.3. The number of thiophene rings is 1. The van der Waals surface area contributed by atoms with Crippen LogP contribution in [0.3, 0.4) is 0 Å². The number of carbonyl (C=O) groups is 1. The first kappa shape index (κ1) is 20.4. The first-order chi connectivity index (χ1) is 15.1. The van der Waals surface area contributed by atoms with Crippen LogP contribution >= 0.6 is 11.3 Å². The Bertz CT molecular complexity index is 1080. The van der Waals surface area contributed by atoms with Gasteiger partial charge in [0.05, 0.1) is 10.9 Å². The third-order valence-corrected chi connectivity index (χ3v) is 7.76. The minimum absolute atomic E-state index is 0.0775. The molecule has 0 bridgehead atoms. The number of fused-ring (bicyclic) bond motifs is 1. The Labute approximate surface area is 187 Å². The predicted octanol–water partition coefficient (Wildman–Crippen LogP) is 5.11. The Morgan fingerprint density at radius 2 is 1.84 bits per heavy atom. The van der Waals surface area contributed by atoms with E-state index < -0.39 is 0 Å². The summed E-state index contributed by atoms with van der Waals surface area (Å²) in [7, 11) is 0. The molecule has 0 radical (unpaired) electrons. The molecule has 1 saturated heterocycles. The van der Waals surface area contributed by atoms with E-state index in [1.165, 1.54) is 35.1 Å². The molecule has 162 valence electrons. The summed E-state index contributed by atoms with van der Waals surface area (Å²) in [6.07, 6.45) is 5.43. The van der Waals surface area contributed by atoms with Gasteiger partial charge in [-0.05, 0) is 45.1 Å². The van der Waals surface area contributed by atoms with Crippen molar-refractivity contribution >= 4 is 34.0 Å². The lowest BCUT2D eigenvalue weighted by molar-refractivity contribution is -0.125. The van der Waals surface area contributed by atoms with Gasteiger partial charge in [0.25, 0.3) is 0 Å². The van der Waals surface area contributed by atoms with Crippen LogP contribution in [0.5, 0.6) is 0 Å². The van der Waals surface area contributed by atoms with E-state index in [2.05, 4.69) is 53.7 Å². The smallest absolute Gasteiger partial charge is 0.223 e. The number of piperidine rings is 1. The highest BCUT2D eigenvalue weighted by Gasteiger charge is 2.29. The summed E-state index contributed by atoms with van der Waals surface area (Å²) < 4.78 is 0. The zero-order chi connectivity index (χ0) is 21.4. The molecule has 0 spiro atoms. The Morgan fingerprint density at radius 3 is 2.52 bits per heavy atom. The highest BCUT2D eigenvalue weighted by Crippen LogP contribution is 2.39. The van der Waals surface area contributed by atoms with Crippen LogP contribution in [0.2, 0.25) is 0 Å². The number of nitrogens with one attached hydrogen (secondary N) is 1. The zero-order valence-electron chi connectivity index (χ0n) is 18.4. The fourth-order valence-corrected chi connectivity index (χ4v) is 5.35. The number of hydrogen-bond donors (Lipinski definition) is 1. The first-order valence-electron chi connectivity index (χ1n) is 11.4. The third kappa shape index (κ3) is 4.18. The van der Waals surface area contributed by atoms with E-state index in [-0.39, 0.29) is 11.8 Å². The van der Waals surface area contributed by atoms with Crippen molar-refractivity contribution in [2.24, 2.45) is 5.92 Å². The highest BCUT2D eigenvalue weighted by molar-refractivity contribution is 7.11. The molecule has 6 heteroatoms. The van der Waals surface area contributed by atoms with E-state index in [1.807, 2.05) is 0 Å². The van der Waals surface area contributed by atoms with Crippen molar-refractivity contribution in [2.45, 2.75) is 58.4 Å². The van der Waals surface area contributed by atoms with Crippen LogP contribution in [0.4, 0.5) is 5.82 Å². The average molecular weight is 435 g/mol. The lowest BCUT2D eigenvalue weighted by Crippen LogP contribution is -2.41. The number of benzene rings is 1. The summed E-state index contributed by atoms with van der Waals surface area (Å²) in [5.41, 5.74) is 3.48. The molecular weight excluding hydrogens is 404 g/mol. The molecule has 3 heterocycles. The van der Waals surface area contributed by atoms with Gasteiger partial charge in [-0.15, -0.1) is 11.3 Å². The van der Waals surface area contributed by atoms with Gasteiger partial charge in [-0.2, -0.15) is 0 Å². The quantitative estimate of drug-likeness (QED) is 0.606. The number of aryl methyl sites for hydroxylation is 2. The summed E-state index contributed by atoms with van der Waals surface area (Å²) in [6, 6.07) is 8.35. The average Bonchev–Trinajstić information content (AvgIpc) is 3.12. The fourth-order valence-electron chi connectivity index (χ4n) is 4.58. The molecule has 1 aliphatic heterocycles. The number of hydrogen-bond acceptors (Lipinski definition) is 5. The van der Waals surface area contributed by atoms with Crippen LogP contribution in [-0.2, 0) is 11.3 Å². The van der Waals surface area contributed by atoms with Gasteiger partial charge in [-0.3, -0.25) is 4.79 Å². The van der Waals surface area contributed by atoms with Gasteiger partial charge in [0.1, 0.15) is 11.6 Å². The minimum Gasteiger partial charge on any atom is -0.356 e.